The Morgan fingerprint density at radius 3 is 1.05 bits per heavy atom. The van der Waals surface area contributed by atoms with Crippen LogP contribution >= 0.6 is 0 Å². The average Bonchev–Trinajstić information content (AvgIpc) is 2.96. The summed E-state index contributed by atoms with van der Waals surface area (Å²) >= 11 is 0. The molecule has 0 spiro atoms. The molecule has 2 N–H and O–H groups in total. The second-order valence-corrected chi connectivity index (χ2v) is 8.36. The van der Waals surface area contributed by atoms with Crippen LogP contribution in [0.25, 0.3) is 0 Å². The van der Waals surface area contributed by atoms with Crippen LogP contribution in [0.1, 0.15) is 20.7 Å². The smallest absolute Gasteiger partial charge is 0.255 e. The summed E-state index contributed by atoms with van der Waals surface area (Å²) in [5, 5.41) is 5.72. The highest BCUT2D eigenvalue weighted by Crippen LogP contribution is 2.23. The molecule has 0 aliphatic heterocycles. The van der Waals surface area contributed by atoms with Gasteiger partial charge in [0.25, 0.3) is 11.8 Å². The lowest BCUT2D eigenvalue weighted by molar-refractivity contribution is 0.101. The fourth-order valence-corrected chi connectivity index (χ4v) is 3.64. The van der Waals surface area contributed by atoms with Gasteiger partial charge < -0.3 is 20.1 Å². The highest BCUT2D eigenvalue weighted by Gasteiger charge is 2.09. The number of rotatable bonds is 8. The molecule has 5 rings (SSSR count). The Hall–Kier alpha value is -5.36. The van der Waals surface area contributed by atoms with Crippen molar-refractivity contribution in [3.8, 4) is 23.0 Å². The summed E-state index contributed by atoms with van der Waals surface area (Å²) < 4.78 is 11.5. The van der Waals surface area contributed by atoms with Gasteiger partial charge in [-0.2, -0.15) is 0 Å². The van der Waals surface area contributed by atoms with Crippen LogP contribution in [-0.2, 0) is 0 Å². The number of benzene rings is 5. The molecule has 5 aromatic rings. The summed E-state index contributed by atoms with van der Waals surface area (Å²) in [6.45, 7) is 0. The normalized spacial score (nSPS) is 10.3. The zero-order chi connectivity index (χ0) is 26.2. The van der Waals surface area contributed by atoms with Gasteiger partial charge in [0.1, 0.15) is 23.0 Å². The van der Waals surface area contributed by atoms with Crippen molar-refractivity contribution < 1.29 is 19.1 Å². The van der Waals surface area contributed by atoms with Gasteiger partial charge in [-0.15, -0.1) is 0 Å². The molecule has 38 heavy (non-hydrogen) atoms. The van der Waals surface area contributed by atoms with Gasteiger partial charge >= 0.3 is 0 Å². The summed E-state index contributed by atoms with van der Waals surface area (Å²) in [5.74, 6) is 2.26. The summed E-state index contributed by atoms with van der Waals surface area (Å²) in [7, 11) is 0. The molecule has 5 aromatic carbocycles. The van der Waals surface area contributed by atoms with Crippen molar-refractivity contribution in [2.24, 2.45) is 0 Å². The fraction of sp³-hybridized carbons (Fsp3) is 0. The number of carbonyl (C=O) groups excluding carboxylic acids is 2. The maximum Gasteiger partial charge on any atom is 0.255 e. The van der Waals surface area contributed by atoms with Crippen molar-refractivity contribution in [1.82, 2.24) is 0 Å². The average molecular weight is 501 g/mol. The van der Waals surface area contributed by atoms with Crippen LogP contribution in [0.15, 0.2) is 133 Å². The third-order valence-electron chi connectivity index (χ3n) is 5.59. The molecule has 186 valence electrons. The van der Waals surface area contributed by atoms with E-state index in [0.29, 0.717) is 34.0 Å². The molecular weight excluding hydrogens is 476 g/mol. The molecule has 0 unspecified atom stereocenters. The molecule has 0 saturated carbocycles. The summed E-state index contributed by atoms with van der Waals surface area (Å²) in [4.78, 5) is 25.3. The minimum absolute atomic E-state index is 0.245. The van der Waals surface area contributed by atoms with Crippen molar-refractivity contribution in [3.05, 3.63) is 145 Å². The Morgan fingerprint density at radius 1 is 0.395 bits per heavy atom. The van der Waals surface area contributed by atoms with E-state index in [-0.39, 0.29) is 11.8 Å². The SMILES string of the molecule is O=C(Nc1ccc(NC(=O)c2ccc(Oc3ccccc3)cc2)cc1)c1ccc(Oc2ccccc2)cc1. The predicted octanol–water partition coefficient (Wildman–Crippen LogP) is 7.78. The van der Waals surface area contributed by atoms with Gasteiger partial charge in [0, 0.05) is 22.5 Å². The minimum atomic E-state index is -0.245. The van der Waals surface area contributed by atoms with Crippen LogP contribution in [0, 0.1) is 0 Å². The van der Waals surface area contributed by atoms with E-state index in [1.54, 1.807) is 72.8 Å². The second kappa shape index (κ2) is 11.6. The molecule has 0 heterocycles. The van der Waals surface area contributed by atoms with E-state index in [1.165, 1.54) is 0 Å². The number of carbonyl (C=O) groups is 2. The maximum absolute atomic E-state index is 12.6. The van der Waals surface area contributed by atoms with E-state index < -0.39 is 0 Å². The van der Waals surface area contributed by atoms with Gasteiger partial charge in [-0.3, -0.25) is 9.59 Å². The molecule has 0 bridgehead atoms. The molecule has 6 nitrogen and oxygen atoms in total. The first-order valence-electron chi connectivity index (χ1n) is 12.0. The first-order valence-corrected chi connectivity index (χ1v) is 12.0. The molecular formula is C32H24N2O4. The molecule has 0 aliphatic carbocycles. The third kappa shape index (κ3) is 6.44. The van der Waals surface area contributed by atoms with Crippen LogP contribution in [0.3, 0.4) is 0 Å². The highest BCUT2D eigenvalue weighted by molar-refractivity contribution is 6.05. The molecule has 6 heteroatoms. The van der Waals surface area contributed by atoms with Gasteiger partial charge in [0.15, 0.2) is 0 Å². The minimum Gasteiger partial charge on any atom is -0.457 e. The van der Waals surface area contributed by atoms with E-state index >= 15 is 0 Å². The summed E-state index contributed by atoms with van der Waals surface area (Å²) in [5.41, 5.74) is 2.23. The van der Waals surface area contributed by atoms with Crippen molar-refractivity contribution in [2.75, 3.05) is 10.6 Å². The van der Waals surface area contributed by atoms with E-state index in [9.17, 15) is 9.59 Å². The number of nitrogens with one attached hydrogen (secondary N) is 2. The topological polar surface area (TPSA) is 76.7 Å². The third-order valence-corrected chi connectivity index (χ3v) is 5.59. The Morgan fingerprint density at radius 2 is 0.711 bits per heavy atom. The van der Waals surface area contributed by atoms with Crippen LogP contribution in [0.4, 0.5) is 11.4 Å². The monoisotopic (exact) mass is 500 g/mol. The van der Waals surface area contributed by atoms with Crippen molar-refractivity contribution in [1.29, 1.82) is 0 Å². The van der Waals surface area contributed by atoms with Gasteiger partial charge in [0.2, 0.25) is 0 Å². The van der Waals surface area contributed by atoms with Crippen LogP contribution < -0.4 is 20.1 Å². The van der Waals surface area contributed by atoms with Crippen LogP contribution in [0.5, 0.6) is 23.0 Å². The Bertz CT molecular complexity index is 1380. The van der Waals surface area contributed by atoms with Gasteiger partial charge in [-0.1, -0.05) is 36.4 Å². The Kier molecular flexibility index (Phi) is 7.42. The Labute approximate surface area is 220 Å². The largest absolute Gasteiger partial charge is 0.457 e. The number of amides is 2. The fourth-order valence-electron chi connectivity index (χ4n) is 3.64. The summed E-state index contributed by atoms with van der Waals surface area (Å²) in [6, 6.07) is 39.6. The van der Waals surface area contributed by atoms with Gasteiger partial charge in [-0.05, 0) is 97.1 Å². The lowest BCUT2D eigenvalue weighted by Gasteiger charge is -2.10. The van der Waals surface area contributed by atoms with E-state index in [1.807, 2.05) is 60.7 Å². The zero-order valence-corrected chi connectivity index (χ0v) is 20.3. The van der Waals surface area contributed by atoms with Gasteiger partial charge in [0.05, 0.1) is 0 Å². The maximum atomic E-state index is 12.6. The van der Waals surface area contributed by atoms with E-state index in [2.05, 4.69) is 10.6 Å². The van der Waals surface area contributed by atoms with E-state index in [4.69, 9.17) is 9.47 Å². The molecule has 0 fully saturated rings. The molecule has 2 amide bonds. The standard InChI is InChI=1S/C32H24N2O4/c35-31(23-11-19-29(20-12-23)37-27-7-3-1-4-8-27)33-25-15-17-26(18-16-25)34-32(36)24-13-21-30(22-14-24)38-28-9-5-2-6-10-28/h1-22H,(H,33,35)(H,34,36). The second-order valence-electron chi connectivity index (χ2n) is 8.36. The van der Waals surface area contributed by atoms with E-state index in [0.717, 1.165) is 11.5 Å². The molecule has 0 aromatic heterocycles. The van der Waals surface area contributed by atoms with Crippen molar-refractivity contribution in [3.63, 3.8) is 0 Å². The highest BCUT2D eigenvalue weighted by atomic mass is 16.5. The van der Waals surface area contributed by atoms with Crippen LogP contribution in [-0.4, -0.2) is 11.8 Å². The first-order chi connectivity index (χ1) is 18.6. The molecule has 0 atom stereocenters. The molecule has 0 radical (unpaired) electrons. The number of anilines is 2. The lowest BCUT2D eigenvalue weighted by Crippen LogP contribution is -2.13. The summed E-state index contributed by atoms with van der Waals surface area (Å²) in [6.07, 6.45) is 0. The van der Waals surface area contributed by atoms with Gasteiger partial charge in [-0.25, -0.2) is 0 Å². The number of ether oxygens (including phenoxy) is 2. The van der Waals surface area contributed by atoms with Crippen LogP contribution in [0.2, 0.25) is 0 Å². The number of hydrogen-bond donors (Lipinski definition) is 2. The van der Waals surface area contributed by atoms with Crippen molar-refractivity contribution >= 4 is 23.2 Å². The predicted molar refractivity (Wildman–Crippen MR) is 148 cm³/mol. The lowest BCUT2D eigenvalue weighted by atomic mass is 10.2. The molecule has 0 saturated heterocycles. The Balaban J connectivity index is 1.14. The quantitative estimate of drug-likeness (QED) is 0.228. The first kappa shape index (κ1) is 24.3. The zero-order valence-electron chi connectivity index (χ0n) is 20.3. The molecule has 0 aliphatic rings. The number of hydrogen-bond acceptors (Lipinski definition) is 4. The van der Waals surface area contributed by atoms with Crippen molar-refractivity contribution in [2.45, 2.75) is 0 Å². The number of para-hydroxylation sites is 2.